The lowest BCUT2D eigenvalue weighted by atomic mass is 9.59. The summed E-state index contributed by atoms with van der Waals surface area (Å²) in [4.78, 5) is 24.4. The molecule has 21 heavy (non-hydrogen) atoms. The Balaban J connectivity index is 5.24. The first-order valence-electron chi connectivity index (χ1n) is 7.46. The Morgan fingerprint density at radius 3 is 2.05 bits per heavy atom. The molecule has 0 aliphatic heterocycles. The molecule has 0 aliphatic rings. The van der Waals surface area contributed by atoms with E-state index < -0.39 is 16.2 Å². The predicted octanol–water partition coefficient (Wildman–Crippen LogP) is 2.13. The van der Waals surface area contributed by atoms with Gasteiger partial charge in [-0.05, 0) is 25.2 Å². The van der Waals surface area contributed by atoms with Gasteiger partial charge in [0.1, 0.15) is 0 Å². The summed E-state index contributed by atoms with van der Waals surface area (Å²) in [6.45, 7) is 11.7. The van der Waals surface area contributed by atoms with Gasteiger partial charge in [-0.1, -0.05) is 34.6 Å². The molecule has 2 N–H and O–H groups in total. The molecule has 0 fully saturated rings. The second kappa shape index (κ2) is 7.25. The monoisotopic (exact) mass is 301 g/mol. The normalized spacial score (nSPS) is 15.2. The van der Waals surface area contributed by atoms with E-state index in [0.717, 1.165) is 0 Å². The molecule has 0 aromatic carbocycles. The number of rotatable bonds is 8. The highest BCUT2D eigenvalue weighted by molar-refractivity contribution is 5.82. The third-order valence-corrected chi connectivity index (χ3v) is 4.73. The molecule has 0 aromatic rings. The van der Waals surface area contributed by atoms with Crippen molar-refractivity contribution in [1.82, 2.24) is 5.32 Å². The average molecular weight is 301 g/mol. The van der Waals surface area contributed by atoms with Gasteiger partial charge < -0.3 is 15.2 Å². The van der Waals surface area contributed by atoms with Crippen molar-refractivity contribution in [1.29, 1.82) is 0 Å². The van der Waals surface area contributed by atoms with Crippen LogP contribution in [0.3, 0.4) is 0 Å². The Morgan fingerprint density at radius 1 is 1.14 bits per heavy atom. The molecule has 0 radical (unpaired) electrons. The number of hydrogen-bond donors (Lipinski definition) is 2. The fraction of sp³-hybridized carbons (Fsp3) is 0.875. The first-order chi connectivity index (χ1) is 9.48. The zero-order chi connectivity index (χ0) is 16.9. The Kier molecular flexibility index (Phi) is 6.87. The Hall–Kier alpha value is -1.10. The van der Waals surface area contributed by atoms with Gasteiger partial charge >= 0.3 is 5.97 Å². The molecule has 5 nitrogen and oxygen atoms in total. The van der Waals surface area contributed by atoms with Crippen molar-refractivity contribution >= 4 is 11.9 Å². The van der Waals surface area contributed by atoms with E-state index in [1.54, 1.807) is 0 Å². The highest BCUT2D eigenvalue weighted by Gasteiger charge is 2.50. The van der Waals surface area contributed by atoms with Crippen molar-refractivity contribution in [3.8, 4) is 0 Å². The van der Waals surface area contributed by atoms with E-state index in [9.17, 15) is 9.59 Å². The topological polar surface area (TPSA) is 75.6 Å². The first-order valence-corrected chi connectivity index (χ1v) is 7.46. The maximum atomic E-state index is 12.2. The van der Waals surface area contributed by atoms with Crippen LogP contribution in [0.4, 0.5) is 0 Å². The van der Waals surface area contributed by atoms with Gasteiger partial charge in [0.2, 0.25) is 5.91 Å². The van der Waals surface area contributed by atoms with Gasteiger partial charge in [-0.15, -0.1) is 0 Å². The minimum absolute atomic E-state index is 0.0833. The van der Waals surface area contributed by atoms with Crippen LogP contribution >= 0.6 is 0 Å². The lowest BCUT2D eigenvalue weighted by Gasteiger charge is -2.45. The zero-order valence-corrected chi connectivity index (χ0v) is 14.5. The standard InChI is InChI=1S/C16H31NO4/c1-8-16(6,13(20)21-7)15(4,5)11-14(2,3)12(19)17-9-10-18/h18H,8-11H2,1-7H3,(H,17,19). The van der Waals surface area contributed by atoms with Crippen LogP contribution in [0.2, 0.25) is 0 Å². The number of esters is 1. The second-order valence-electron chi connectivity index (χ2n) is 7.10. The number of methoxy groups -OCH3 is 1. The van der Waals surface area contributed by atoms with Gasteiger partial charge in [0.15, 0.2) is 0 Å². The first kappa shape index (κ1) is 19.9. The third kappa shape index (κ3) is 4.43. The van der Waals surface area contributed by atoms with E-state index in [0.29, 0.717) is 12.8 Å². The molecule has 0 saturated carbocycles. The SMILES string of the molecule is CCC(C)(C(=O)OC)C(C)(C)CC(C)(C)C(=O)NCCO. The highest BCUT2D eigenvalue weighted by Crippen LogP contribution is 2.49. The molecule has 1 amide bonds. The van der Waals surface area contributed by atoms with Gasteiger partial charge in [-0.2, -0.15) is 0 Å². The number of hydrogen-bond acceptors (Lipinski definition) is 4. The third-order valence-electron chi connectivity index (χ3n) is 4.73. The quantitative estimate of drug-likeness (QED) is 0.673. The Labute approximate surface area is 128 Å². The van der Waals surface area contributed by atoms with Crippen molar-refractivity contribution in [2.45, 2.75) is 54.4 Å². The van der Waals surface area contributed by atoms with Crippen molar-refractivity contribution in [3.05, 3.63) is 0 Å². The molecule has 0 aliphatic carbocycles. The molecular weight excluding hydrogens is 270 g/mol. The van der Waals surface area contributed by atoms with E-state index in [1.165, 1.54) is 7.11 Å². The van der Waals surface area contributed by atoms with Crippen LogP contribution in [0.15, 0.2) is 0 Å². The fourth-order valence-electron chi connectivity index (χ4n) is 2.91. The lowest BCUT2D eigenvalue weighted by molar-refractivity contribution is -0.162. The van der Waals surface area contributed by atoms with Crippen LogP contribution in [0.5, 0.6) is 0 Å². The molecular formula is C16H31NO4. The number of carbonyl (C=O) groups excluding carboxylic acids is 2. The number of aliphatic hydroxyl groups excluding tert-OH is 1. The molecule has 1 unspecified atom stereocenters. The Bertz CT molecular complexity index is 376. The molecule has 0 spiro atoms. The van der Waals surface area contributed by atoms with Gasteiger partial charge in [-0.3, -0.25) is 9.59 Å². The van der Waals surface area contributed by atoms with Crippen molar-refractivity contribution in [2.24, 2.45) is 16.2 Å². The molecule has 0 aromatic heterocycles. The van der Waals surface area contributed by atoms with E-state index in [2.05, 4.69) is 5.32 Å². The van der Waals surface area contributed by atoms with Gasteiger partial charge in [0, 0.05) is 12.0 Å². The molecule has 0 bridgehead atoms. The largest absolute Gasteiger partial charge is 0.469 e. The Morgan fingerprint density at radius 2 is 1.67 bits per heavy atom. The molecule has 0 saturated heterocycles. The summed E-state index contributed by atoms with van der Waals surface area (Å²) in [7, 11) is 1.39. The van der Waals surface area contributed by atoms with E-state index in [1.807, 2.05) is 41.5 Å². The summed E-state index contributed by atoms with van der Waals surface area (Å²) in [6.07, 6.45) is 1.18. The van der Waals surface area contributed by atoms with Crippen LogP contribution < -0.4 is 5.32 Å². The van der Waals surface area contributed by atoms with Crippen LogP contribution in [0.1, 0.15) is 54.4 Å². The summed E-state index contributed by atoms with van der Waals surface area (Å²) in [5.41, 5.74) is -1.70. The van der Waals surface area contributed by atoms with E-state index in [-0.39, 0.29) is 25.0 Å². The molecule has 1 atom stereocenters. The highest BCUT2D eigenvalue weighted by atomic mass is 16.5. The van der Waals surface area contributed by atoms with Crippen molar-refractivity contribution < 1.29 is 19.4 Å². The predicted molar refractivity (Wildman–Crippen MR) is 82.7 cm³/mol. The van der Waals surface area contributed by atoms with E-state index >= 15 is 0 Å². The van der Waals surface area contributed by atoms with E-state index in [4.69, 9.17) is 9.84 Å². The smallest absolute Gasteiger partial charge is 0.312 e. The lowest BCUT2D eigenvalue weighted by Crippen LogP contribution is -2.48. The van der Waals surface area contributed by atoms with Crippen LogP contribution in [-0.2, 0) is 14.3 Å². The van der Waals surface area contributed by atoms with Crippen LogP contribution in [-0.4, -0.2) is 37.2 Å². The maximum absolute atomic E-state index is 12.2. The summed E-state index contributed by atoms with van der Waals surface area (Å²) in [5.74, 6) is -0.366. The number of nitrogens with one attached hydrogen (secondary N) is 1. The number of ether oxygens (including phenoxy) is 1. The van der Waals surface area contributed by atoms with Gasteiger partial charge in [0.05, 0.1) is 19.1 Å². The fourth-order valence-corrected chi connectivity index (χ4v) is 2.91. The molecule has 5 heteroatoms. The zero-order valence-electron chi connectivity index (χ0n) is 14.5. The number of carbonyl (C=O) groups is 2. The van der Waals surface area contributed by atoms with Crippen LogP contribution in [0.25, 0.3) is 0 Å². The average Bonchev–Trinajstić information content (AvgIpc) is 2.41. The second-order valence-corrected chi connectivity index (χ2v) is 7.10. The molecule has 124 valence electrons. The summed E-state index contributed by atoms with van der Waals surface area (Å²) < 4.78 is 4.96. The summed E-state index contributed by atoms with van der Waals surface area (Å²) in [5, 5.41) is 11.5. The maximum Gasteiger partial charge on any atom is 0.312 e. The van der Waals surface area contributed by atoms with Gasteiger partial charge in [-0.25, -0.2) is 0 Å². The molecule has 0 rings (SSSR count). The van der Waals surface area contributed by atoms with Gasteiger partial charge in [0.25, 0.3) is 0 Å². The van der Waals surface area contributed by atoms with Crippen molar-refractivity contribution in [3.63, 3.8) is 0 Å². The minimum Gasteiger partial charge on any atom is -0.469 e. The van der Waals surface area contributed by atoms with Crippen LogP contribution in [0, 0.1) is 16.2 Å². The summed E-state index contributed by atoms with van der Waals surface area (Å²) in [6, 6.07) is 0. The van der Waals surface area contributed by atoms with Crippen molar-refractivity contribution in [2.75, 3.05) is 20.3 Å². The number of aliphatic hydroxyl groups is 1. The molecule has 0 heterocycles. The summed E-state index contributed by atoms with van der Waals surface area (Å²) >= 11 is 0. The minimum atomic E-state index is -0.656. The number of amides is 1.